The summed E-state index contributed by atoms with van der Waals surface area (Å²) in [5.41, 5.74) is 1.45. The van der Waals surface area contributed by atoms with E-state index in [1.165, 1.54) is 11.8 Å². The first kappa shape index (κ1) is 16.9. The highest BCUT2D eigenvalue weighted by Crippen LogP contribution is 2.40. The predicted octanol–water partition coefficient (Wildman–Crippen LogP) is 3.74. The minimum Gasteiger partial charge on any atom is -0.444 e. The maximum absolute atomic E-state index is 11.9. The van der Waals surface area contributed by atoms with Crippen molar-refractivity contribution < 1.29 is 14.1 Å². The number of aliphatic imine (C=N–C) groups is 1. The van der Waals surface area contributed by atoms with E-state index in [1.54, 1.807) is 0 Å². The highest BCUT2D eigenvalue weighted by Gasteiger charge is 2.29. The molecule has 2 atom stereocenters. The molecule has 0 aliphatic carbocycles. The minimum absolute atomic E-state index is 0.116. The molecule has 7 heteroatoms. The van der Waals surface area contributed by atoms with E-state index in [0.29, 0.717) is 5.17 Å². The first-order valence-corrected chi connectivity index (χ1v) is 8.21. The molecule has 0 saturated carbocycles. The van der Waals surface area contributed by atoms with Gasteiger partial charge in [0.2, 0.25) is 0 Å². The van der Waals surface area contributed by atoms with Gasteiger partial charge < -0.3 is 9.26 Å². The Balaban J connectivity index is 2.09. The van der Waals surface area contributed by atoms with E-state index in [4.69, 9.17) is 9.26 Å². The summed E-state index contributed by atoms with van der Waals surface area (Å²) in [5, 5.41) is 7.50. The number of ether oxygens (including phenoxy) is 1. The number of amidine groups is 1. The number of aryl methyl sites for hydroxylation is 2. The fraction of sp³-hybridized carbons (Fsp3) is 0.667. The van der Waals surface area contributed by atoms with E-state index >= 15 is 0 Å². The quantitative estimate of drug-likeness (QED) is 0.851. The second kappa shape index (κ2) is 6.32. The number of carbonyl (C=O) groups is 1. The summed E-state index contributed by atoms with van der Waals surface area (Å²) in [5.74, 6) is 0.820. The lowest BCUT2D eigenvalue weighted by Crippen LogP contribution is -2.37. The Morgan fingerprint density at radius 3 is 2.64 bits per heavy atom. The van der Waals surface area contributed by atoms with E-state index in [2.05, 4.69) is 15.5 Å². The van der Waals surface area contributed by atoms with Crippen molar-refractivity contribution in [1.82, 2.24) is 10.5 Å². The van der Waals surface area contributed by atoms with Gasteiger partial charge in [0.1, 0.15) is 11.4 Å². The van der Waals surface area contributed by atoms with Gasteiger partial charge in [-0.15, -0.1) is 0 Å². The molecule has 2 rings (SSSR count). The molecule has 1 unspecified atom stereocenters. The van der Waals surface area contributed by atoms with Gasteiger partial charge >= 0.3 is 6.09 Å². The van der Waals surface area contributed by atoms with Gasteiger partial charge in [-0.25, -0.2) is 4.79 Å². The normalized spacial score (nSPS) is 22.2. The molecule has 1 amide bonds. The van der Waals surface area contributed by atoms with E-state index in [9.17, 15) is 4.79 Å². The van der Waals surface area contributed by atoms with Gasteiger partial charge in [0, 0.05) is 10.8 Å². The number of nitrogens with one attached hydrogen (secondary N) is 1. The number of carbonyl (C=O) groups excluding carboxylic acids is 1. The van der Waals surface area contributed by atoms with Crippen LogP contribution in [0.5, 0.6) is 0 Å². The fourth-order valence-electron chi connectivity index (χ4n) is 2.36. The summed E-state index contributed by atoms with van der Waals surface area (Å²) in [7, 11) is 0. The smallest absolute Gasteiger partial charge is 0.413 e. The van der Waals surface area contributed by atoms with E-state index in [-0.39, 0.29) is 11.3 Å². The lowest BCUT2D eigenvalue weighted by Gasteiger charge is -2.26. The van der Waals surface area contributed by atoms with Crippen molar-refractivity contribution in [2.75, 3.05) is 0 Å². The number of hydrogen-bond donors (Lipinski definition) is 1. The van der Waals surface area contributed by atoms with Gasteiger partial charge in [0.25, 0.3) is 0 Å². The highest BCUT2D eigenvalue weighted by molar-refractivity contribution is 8.14. The summed E-state index contributed by atoms with van der Waals surface area (Å²) in [6, 6.07) is 0.116. The van der Waals surface area contributed by atoms with Crippen LogP contribution < -0.4 is 5.32 Å². The van der Waals surface area contributed by atoms with Crippen LogP contribution in [0, 0.1) is 13.8 Å². The molecular formula is C15H23N3O3S. The van der Waals surface area contributed by atoms with Gasteiger partial charge in [0.05, 0.1) is 11.7 Å². The molecular weight excluding hydrogens is 302 g/mol. The molecule has 0 spiro atoms. The first-order valence-electron chi connectivity index (χ1n) is 7.33. The Morgan fingerprint density at radius 2 is 2.09 bits per heavy atom. The zero-order chi connectivity index (χ0) is 16.5. The number of thioether (sulfide) groups is 1. The van der Waals surface area contributed by atoms with Crippen molar-refractivity contribution in [2.45, 2.75) is 64.9 Å². The second-order valence-corrected chi connectivity index (χ2v) is 7.68. The van der Waals surface area contributed by atoms with E-state index in [1.807, 2.05) is 41.5 Å². The first-order chi connectivity index (χ1) is 10.2. The third-order valence-electron chi connectivity index (χ3n) is 3.17. The lowest BCUT2D eigenvalue weighted by atomic mass is 10.0. The number of amides is 1. The third kappa shape index (κ3) is 4.25. The lowest BCUT2D eigenvalue weighted by molar-refractivity contribution is 0.0564. The average molecular weight is 325 g/mol. The molecule has 122 valence electrons. The van der Waals surface area contributed by atoms with Crippen LogP contribution in [0.25, 0.3) is 0 Å². The van der Waals surface area contributed by atoms with Gasteiger partial charge in [0.15, 0.2) is 5.17 Å². The Hall–Kier alpha value is -1.50. The van der Waals surface area contributed by atoms with Crippen molar-refractivity contribution in [3.05, 3.63) is 17.0 Å². The maximum atomic E-state index is 11.9. The summed E-state index contributed by atoms with van der Waals surface area (Å²) >= 11 is 1.51. The van der Waals surface area contributed by atoms with Crippen LogP contribution >= 0.6 is 11.8 Å². The van der Waals surface area contributed by atoms with Crippen molar-refractivity contribution in [1.29, 1.82) is 0 Å². The van der Waals surface area contributed by atoms with Crippen molar-refractivity contribution in [3.8, 4) is 0 Å². The van der Waals surface area contributed by atoms with Crippen LogP contribution in [0.1, 0.15) is 56.4 Å². The van der Waals surface area contributed by atoms with Crippen molar-refractivity contribution >= 4 is 23.0 Å². The zero-order valence-corrected chi connectivity index (χ0v) is 14.7. The Morgan fingerprint density at radius 1 is 1.41 bits per heavy atom. The Labute approximate surface area is 135 Å². The van der Waals surface area contributed by atoms with E-state index < -0.39 is 11.7 Å². The molecule has 2 heterocycles. The molecule has 1 aromatic heterocycles. The maximum Gasteiger partial charge on any atom is 0.413 e. The summed E-state index contributed by atoms with van der Waals surface area (Å²) in [6.07, 6.45) is 0.401. The molecule has 0 radical (unpaired) electrons. The molecule has 1 aromatic rings. The highest BCUT2D eigenvalue weighted by atomic mass is 32.2. The average Bonchev–Trinajstić information content (AvgIpc) is 2.65. The molecule has 1 aliphatic rings. The van der Waals surface area contributed by atoms with Crippen LogP contribution in [-0.4, -0.2) is 28.1 Å². The van der Waals surface area contributed by atoms with E-state index in [0.717, 1.165) is 23.4 Å². The van der Waals surface area contributed by atoms with Gasteiger partial charge in [-0.05, 0) is 48.0 Å². The molecule has 0 bridgehead atoms. The van der Waals surface area contributed by atoms with Crippen LogP contribution in [-0.2, 0) is 4.74 Å². The van der Waals surface area contributed by atoms with Crippen LogP contribution in [0.3, 0.4) is 0 Å². The topological polar surface area (TPSA) is 76.7 Å². The SMILES string of the molecule is Cc1noc(C)c1C1C[C@H](C)N=C(NC(=O)OC(C)(C)C)S1. The molecule has 22 heavy (non-hydrogen) atoms. The molecule has 1 aliphatic heterocycles. The predicted molar refractivity (Wildman–Crippen MR) is 87.2 cm³/mol. The van der Waals surface area contributed by atoms with Gasteiger partial charge in [-0.3, -0.25) is 10.3 Å². The number of rotatable bonds is 1. The Kier molecular flexibility index (Phi) is 4.84. The van der Waals surface area contributed by atoms with Crippen LogP contribution in [0.4, 0.5) is 4.79 Å². The summed E-state index contributed by atoms with van der Waals surface area (Å²) < 4.78 is 10.5. The zero-order valence-electron chi connectivity index (χ0n) is 13.9. The molecule has 6 nitrogen and oxygen atoms in total. The van der Waals surface area contributed by atoms with Gasteiger partial charge in [-0.2, -0.15) is 0 Å². The molecule has 1 N–H and O–H groups in total. The number of nitrogens with zero attached hydrogens (tertiary/aromatic N) is 2. The van der Waals surface area contributed by atoms with Crippen LogP contribution in [0.2, 0.25) is 0 Å². The third-order valence-corrected chi connectivity index (χ3v) is 4.31. The molecule has 0 saturated heterocycles. The van der Waals surface area contributed by atoms with Crippen molar-refractivity contribution in [2.24, 2.45) is 4.99 Å². The standard InChI is InChI=1S/C15H23N3O3S/c1-8-7-11(12-9(2)18-21-10(12)3)22-13(16-8)17-14(19)20-15(4,5)6/h8,11H,7H2,1-6H3,(H,16,17,19)/t8-,11?/m0/s1. The largest absolute Gasteiger partial charge is 0.444 e. The van der Waals surface area contributed by atoms with Gasteiger partial charge in [-0.1, -0.05) is 16.9 Å². The van der Waals surface area contributed by atoms with Crippen LogP contribution in [0.15, 0.2) is 9.52 Å². The number of alkyl carbamates (subject to hydrolysis) is 1. The molecule has 0 fully saturated rings. The monoisotopic (exact) mass is 325 g/mol. The number of hydrogen-bond acceptors (Lipinski definition) is 6. The Bertz CT molecular complexity index is 570. The second-order valence-electron chi connectivity index (χ2n) is 6.49. The minimum atomic E-state index is -0.531. The number of aromatic nitrogens is 1. The fourth-order valence-corrected chi connectivity index (χ4v) is 3.84. The molecule has 0 aromatic carbocycles. The summed E-state index contributed by atoms with van der Waals surface area (Å²) in [6.45, 7) is 11.4. The summed E-state index contributed by atoms with van der Waals surface area (Å²) in [4.78, 5) is 16.4. The van der Waals surface area contributed by atoms with Crippen molar-refractivity contribution in [3.63, 3.8) is 0 Å².